The second-order valence-electron chi connectivity index (χ2n) is 17.4. The van der Waals surface area contributed by atoms with Gasteiger partial charge in [0.15, 0.2) is 31.5 Å². The van der Waals surface area contributed by atoms with Gasteiger partial charge in [0.2, 0.25) is 0 Å². The molecule has 0 spiro atoms. The van der Waals surface area contributed by atoms with Crippen molar-refractivity contribution in [3.05, 3.63) is 0 Å². The molecule has 30 atom stereocenters. The maximum atomic E-state index is 11.2. The van der Waals surface area contributed by atoms with Gasteiger partial charge in [0, 0.05) is 7.11 Å². The van der Waals surface area contributed by atoms with E-state index in [1.807, 2.05) is 0 Å². The molecule has 398 valence electrons. The summed E-state index contributed by atoms with van der Waals surface area (Å²) in [5, 5.41) is 191. The van der Waals surface area contributed by atoms with Crippen LogP contribution >= 0.6 is 0 Å². The molecule has 0 aromatic rings. The van der Waals surface area contributed by atoms with E-state index in [0.717, 1.165) is 0 Å². The maximum Gasteiger partial charge on any atom is 0.187 e. The van der Waals surface area contributed by atoms with Gasteiger partial charge in [-0.05, 0) is 6.92 Å². The summed E-state index contributed by atoms with van der Waals surface area (Å²) in [7, 11) is 1.28. The summed E-state index contributed by atoms with van der Waals surface area (Å²) in [6, 6.07) is 0. The predicted octanol–water partition coefficient (Wildman–Crippen LogP) is -12.4. The van der Waals surface area contributed by atoms with Crippen molar-refractivity contribution in [3.63, 3.8) is 0 Å². The second-order valence-corrected chi connectivity index (χ2v) is 17.4. The van der Waals surface area contributed by atoms with E-state index in [1.165, 1.54) is 14.0 Å². The quantitative estimate of drug-likeness (QED) is 0.0643. The lowest BCUT2D eigenvalue weighted by Crippen LogP contribution is -2.67. The zero-order chi connectivity index (χ0) is 50.0. The molecule has 0 aliphatic carbocycles. The minimum Gasteiger partial charge on any atom is -0.394 e. The molecule has 6 aliphatic rings. The summed E-state index contributed by atoms with van der Waals surface area (Å²) in [5.74, 6) is 0. The molecule has 18 N–H and O–H groups in total. The zero-order valence-corrected chi connectivity index (χ0v) is 36.5. The smallest absolute Gasteiger partial charge is 0.187 e. The lowest BCUT2D eigenvalue weighted by molar-refractivity contribution is -0.384. The lowest BCUT2D eigenvalue weighted by Gasteiger charge is -2.48. The molecule has 0 saturated carbocycles. The van der Waals surface area contributed by atoms with Gasteiger partial charge in [0.05, 0.1) is 45.7 Å². The number of ether oxygens (including phenoxy) is 12. The first-order valence-corrected chi connectivity index (χ1v) is 21.8. The first-order valence-electron chi connectivity index (χ1n) is 21.8. The topological polar surface area (TPSA) is 475 Å². The molecule has 0 bridgehead atoms. The van der Waals surface area contributed by atoms with Crippen molar-refractivity contribution in [1.29, 1.82) is 0 Å². The fourth-order valence-electron chi connectivity index (χ4n) is 8.77. The third-order valence-electron chi connectivity index (χ3n) is 12.8. The van der Waals surface area contributed by atoms with Crippen molar-refractivity contribution in [2.75, 3.05) is 46.8 Å². The van der Waals surface area contributed by atoms with E-state index in [4.69, 9.17) is 56.8 Å². The average Bonchev–Trinajstić information content (AvgIpc) is 3.32. The molecule has 30 heteroatoms. The molecule has 0 aromatic carbocycles. The molecule has 6 aliphatic heterocycles. The highest BCUT2D eigenvalue weighted by molar-refractivity contribution is 4.99. The molecule has 6 fully saturated rings. The van der Waals surface area contributed by atoms with Crippen molar-refractivity contribution in [3.8, 4) is 0 Å². The maximum absolute atomic E-state index is 11.2. The normalized spacial score (nSPS) is 52.8. The average molecular weight is 1000 g/mol. The summed E-state index contributed by atoms with van der Waals surface area (Å²) < 4.78 is 66.5. The summed E-state index contributed by atoms with van der Waals surface area (Å²) in [4.78, 5) is 0. The minimum absolute atomic E-state index is 0.251. The molecule has 68 heavy (non-hydrogen) atoms. The molecule has 6 rings (SSSR count). The Labute approximate surface area is 386 Å². The summed E-state index contributed by atoms with van der Waals surface area (Å²) in [6.45, 7) is -3.15. The van der Waals surface area contributed by atoms with E-state index in [-0.39, 0.29) is 6.61 Å². The molecular formula is C38H66O30. The van der Waals surface area contributed by atoms with E-state index in [0.29, 0.717) is 0 Å². The van der Waals surface area contributed by atoms with Crippen LogP contribution in [0.1, 0.15) is 6.92 Å². The first-order chi connectivity index (χ1) is 32.2. The highest BCUT2D eigenvalue weighted by Crippen LogP contribution is 2.35. The van der Waals surface area contributed by atoms with E-state index < -0.39 is 217 Å². The molecule has 0 radical (unpaired) electrons. The van der Waals surface area contributed by atoms with E-state index in [9.17, 15) is 91.9 Å². The predicted molar refractivity (Wildman–Crippen MR) is 207 cm³/mol. The molecule has 0 amide bonds. The summed E-state index contributed by atoms with van der Waals surface area (Å²) >= 11 is 0. The Morgan fingerprint density at radius 2 is 0.588 bits per heavy atom. The second kappa shape index (κ2) is 24.2. The molecule has 0 aromatic heterocycles. The van der Waals surface area contributed by atoms with Crippen LogP contribution in [-0.2, 0) is 56.8 Å². The molecular weight excluding hydrogens is 936 g/mol. The van der Waals surface area contributed by atoms with Crippen molar-refractivity contribution in [1.82, 2.24) is 0 Å². The van der Waals surface area contributed by atoms with E-state index >= 15 is 0 Å². The lowest BCUT2D eigenvalue weighted by atomic mass is 9.94. The minimum atomic E-state index is -2.07. The Morgan fingerprint density at radius 3 is 0.941 bits per heavy atom. The fourth-order valence-corrected chi connectivity index (χ4v) is 8.77. The number of aliphatic hydroxyl groups excluding tert-OH is 18. The summed E-state index contributed by atoms with van der Waals surface area (Å²) in [5.41, 5.74) is 0. The number of hydrogen-bond acceptors (Lipinski definition) is 30. The third-order valence-corrected chi connectivity index (χ3v) is 12.8. The van der Waals surface area contributed by atoms with Crippen LogP contribution in [0.4, 0.5) is 0 Å². The van der Waals surface area contributed by atoms with Crippen molar-refractivity contribution < 1.29 is 149 Å². The Kier molecular flexibility index (Phi) is 20.0. The number of hydrogen-bond donors (Lipinski definition) is 18. The van der Waals surface area contributed by atoms with Gasteiger partial charge in [-0.3, -0.25) is 0 Å². The largest absolute Gasteiger partial charge is 0.394 e. The van der Waals surface area contributed by atoms with Crippen LogP contribution in [0, 0.1) is 0 Å². The number of methoxy groups -OCH3 is 1. The number of aliphatic hydroxyl groups is 18. The van der Waals surface area contributed by atoms with Crippen LogP contribution in [0.15, 0.2) is 0 Å². The SMILES string of the molecule is COCC1O[C@H](O[C@@H]2C(CO)O[C@H](O[C@@H]3C(CO)O[C@H](OCC4O[C@H](O[C@@H]5C(CO)O[C@H](O[C@@H]6C(CO)OC(C)C(O)[C@H]6O)C(O)[C@H]5O)C(O)[C@@H](O)[C@@H]4O)C(O)[C@H]3O)C(O)[C@H]2O)C(O)[C@@H](O)[C@@H]1O. The Balaban J connectivity index is 1.05. The van der Waals surface area contributed by atoms with E-state index in [2.05, 4.69) is 0 Å². The van der Waals surface area contributed by atoms with Crippen LogP contribution < -0.4 is 0 Å². The molecule has 6 saturated heterocycles. The highest BCUT2D eigenvalue weighted by Gasteiger charge is 2.56. The standard InChI is InChI=1S/C38H66O30/c1-9-16(43)21(48)30(10(3-39)59-9)65-37-28(55)23(50)33(13(6-42)61-37)67-36-26(53)20(47)18(45)15(64-36)8-58-34-27(54)22(49)31(11(4-40)60-34)68-38-29(56)24(51)32(12(5-41)62-38)66-35-25(52)19(46)17(44)14(63-35)7-57-2/h9-56H,3-8H2,1-2H3/t9?,10?,11?,12?,13?,14?,15?,16?,17-,18-,19+,20+,21-,22-,23-,24-,25?,26?,27?,28?,29?,30-,31-,32-,33-,34+,35-,36-,37-,38-/m1/s1. The van der Waals surface area contributed by atoms with Crippen LogP contribution in [0.2, 0.25) is 0 Å². The van der Waals surface area contributed by atoms with Crippen LogP contribution in [0.25, 0.3) is 0 Å². The first kappa shape index (κ1) is 56.1. The van der Waals surface area contributed by atoms with Gasteiger partial charge in [-0.25, -0.2) is 0 Å². The van der Waals surface area contributed by atoms with Crippen molar-refractivity contribution >= 4 is 0 Å². The Morgan fingerprint density at radius 1 is 0.309 bits per heavy atom. The van der Waals surface area contributed by atoms with E-state index in [1.54, 1.807) is 0 Å². The molecule has 13 unspecified atom stereocenters. The van der Waals surface area contributed by atoms with Crippen LogP contribution in [0.3, 0.4) is 0 Å². The zero-order valence-electron chi connectivity index (χ0n) is 36.5. The summed E-state index contributed by atoms with van der Waals surface area (Å²) in [6.07, 6.45) is -52.5. The van der Waals surface area contributed by atoms with Crippen molar-refractivity contribution in [2.45, 2.75) is 191 Å². The van der Waals surface area contributed by atoms with Gasteiger partial charge >= 0.3 is 0 Å². The fraction of sp³-hybridized carbons (Fsp3) is 1.00. The monoisotopic (exact) mass is 1000 g/mol. The van der Waals surface area contributed by atoms with Gasteiger partial charge in [0.25, 0.3) is 0 Å². The van der Waals surface area contributed by atoms with Crippen molar-refractivity contribution in [2.24, 2.45) is 0 Å². The Hall–Kier alpha value is -1.20. The van der Waals surface area contributed by atoms with Gasteiger partial charge in [-0.2, -0.15) is 0 Å². The highest BCUT2D eigenvalue weighted by atomic mass is 16.8. The third kappa shape index (κ3) is 11.6. The van der Waals surface area contributed by atoms with Gasteiger partial charge < -0.3 is 149 Å². The number of rotatable bonds is 17. The Bertz CT molecular complexity index is 1520. The van der Waals surface area contributed by atoms with Gasteiger partial charge in [0.1, 0.15) is 146 Å². The molecule has 6 heterocycles. The van der Waals surface area contributed by atoms with Crippen LogP contribution in [0.5, 0.6) is 0 Å². The van der Waals surface area contributed by atoms with Gasteiger partial charge in [-0.1, -0.05) is 0 Å². The molecule has 30 nitrogen and oxygen atoms in total. The van der Waals surface area contributed by atoms with Crippen LogP contribution in [-0.4, -0.2) is 323 Å². The van der Waals surface area contributed by atoms with Gasteiger partial charge in [-0.15, -0.1) is 0 Å².